The number of allylic oxidation sites excluding steroid dienone is 1. The highest BCUT2D eigenvalue weighted by Crippen LogP contribution is 2.07. The number of rotatable bonds is 5. The highest BCUT2D eigenvalue weighted by atomic mass is 16.4. The van der Waals surface area contributed by atoms with Crippen molar-refractivity contribution in [3.63, 3.8) is 0 Å². The van der Waals surface area contributed by atoms with Crippen LogP contribution in [0.3, 0.4) is 0 Å². The number of hydrogen-bond donors (Lipinski definition) is 3. The van der Waals surface area contributed by atoms with E-state index in [1.807, 2.05) is 0 Å². The van der Waals surface area contributed by atoms with Crippen molar-refractivity contribution in [1.82, 2.24) is 0 Å². The van der Waals surface area contributed by atoms with Gasteiger partial charge in [-0.3, -0.25) is 9.59 Å². The summed E-state index contributed by atoms with van der Waals surface area (Å²) in [4.78, 5) is 21.8. The van der Waals surface area contributed by atoms with Crippen molar-refractivity contribution in [3.8, 4) is 0 Å². The van der Waals surface area contributed by atoms with E-state index >= 15 is 0 Å². The van der Waals surface area contributed by atoms with Crippen molar-refractivity contribution >= 4 is 11.8 Å². The van der Waals surface area contributed by atoms with Crippen molar-refractivity contribution in [2.24, 2.45) is 17.4 Å². The lowest BCUT2D eigenvalue weighted by atomic mass is 9.92. The minimum Gasteiger partial charge on any atom is -0.480 e. The molecule has 5 nitrogen and oxygen atoms in total. The van der Waals surface area contributed by atoms with Gasteiger partial charge in [-0.1, -0.05) is 13.0 Å². The summed E-state index contributed by atoms with van der Waals surface area (Å²) in [7, 11) is 0. The summed E-state index contributed by atoms with van der Waals surface area (Å²) in [6, 6.07) is -1.98. The molecule has 0 aliphatic heterocycles. The quantitative estimate of drug-likeness (QED) is 0.519. The Hall–Kier alpha value is -1.20. The second kappa shape index (κ2) is 5.51. The van der Waals surface area contributed by atoms with E-state index in [1.54, 1.807) is 19.9 Å². The number of carboxylic acids is 1. The molecule has 0 saturated heterocycles. The number of carbonyl (C=O) groups is 2. The van der Waals surface area contributed by atoms with Gasteiger partial charge in [0.15, 0.2) is 5.78 Å². The Bertz CT molecular complexity index is 250. The third kappa shape index (κ3) is 3.27. The predicted octanol–water partition coefficient (Wildman–Crippen LogP) is -0.493. The smallest absolute Gasteiger partial charge is 0.320 e. The van der Waals surface area contributed by atoms with E-state index in [0.717, 1.165) is 0 Å². The first kappa shape index (κ1) is 12.8. The Balaban J connectivity index is 4.45. The largest absolute Gasteiger partial charge is 0.480 e. The fraction of sp³-hybridized carbons (Fsp3) is 0.556. The average molecular weight is 200 g/mol. The molecule has 0 saturated carbocycles. The molecule has 14 heavy (non-hydrogen) atoms. The molecule has 5 heteroatoms. The summed E-state index contributed by atoms with van der Waals surface area (Å²) in [6.07, 6.45) is 2.87. The lowest BCUT2D eigenvalue weighted by Crippen LogP contribution is -2.48. The number of aliphatic carboxylic acids is 1. The second-order valence-electron chi connectivity index (χ2n) is 3.15. The standard InChI is InChI=1S/C9H16N2O3/c1-3-4-6(12)7(10)5(2)8(11)9(13)14/h3-5,7-8H,10-11H2,1-2H3,(H,13,14)/t5?,7?,8-/m0/s1. The molecule has 0 aromatic rings. The number of carbonyl (C=O) groups excluding carboxylic acids is 1. The molecule has 3 atom stereocenters. The highest BCUT2D eigenvalue weighted by Gasteiger charge is 2.28. The molecule has 80 valence electrons. The predicted molar refractivity (Wildman–Crippen MR) is 52.6 cm³/mol. The molecule has 0 heterocycles. The van der Waals surface area contributed by atoms with Crippen LogP contribution in [0.5, 0.6) is 0 Å². The Morgan fingerprint density at radius 1 is 1.29 bits per heavy atom. The first-order chi connectivity index (χ1) is 6.41. The maximum atomic E-state index is 11.3. The van der Waals surface area contributed by atoms with E-state index in [0.29, 0.717) is 0 Å². The van der Waals surface area contributed by atoms with Gasteiger partial charge in [-0.15, -0.1) is 0 Å². The third-order valence-corrected chi connectivity index (χ3v) is 2.08. The lowest BCUT2D eigenvalue weighted by Gasteiger charge is -2.20. The van der Waals surface area contributed by atoms with Gasteiger partial charge in [-0.05, 0) is 13.0 Å². The zero-order chi connectivity index (χ0) is 11.3. The van der Waals surface area contributed by atoms with Crippen LogP contribution in [0.2, 0.25) is 0 Å². The molecule has 0 fully saturated rings. The fourth-order valence-corrected chi connectivity index (χ4v) is 0.983. The first-order valence-corrected chi connectivity index (χ1v) is 4.32. The van der Waals surface area contributed by atoms with E-state index in [1.165, 1.54) is 6.08 Å². The minimum atomic E-state index is -1.15. The topological polar surface area (TPSA) is 106 Å². The van der Waals surface area contributed by atoms with Gasteiger partial charge in [0.2, 0.25) is 0 Å². The maximum Gasteiger partial charge on any atom is 0.320 e. The van der Waals surface area contributed by atoms with Crippen LogP contribution in [0.15, 0.2) is 12.2 Å². The second-order valence-corrected chi connectivity index (χ2v) is 3.15. The summed E-state index contributed by atoms with van der Waals surface area (Å²) in [6.45, 7) is 3.23. The Labute approximate surface area is 82.8 Å². The number of nitrogens with two attached hydrogens (primary N) is 2. The van der Waals surface area contributed by atoms with Crippen molar-refractivity contribution in [2.45, 2.75) is 25.9 Å². The number of hydrogen-bond acceptors (Lipinski definition) is 4. The van der Waals surface area contributed by atoms with Crippen LogP contribution in [-0.2, 0) is 9.59 Å². The van der Waals surface area contributed by atoms with E-state index in [9.17, 15) is 9.59 Å². The van der Waals surface area contributed by atoms with E-state index in [4.69, 9.17) is 16.6 Å². The van der Waals surface area contributed by atoms with Crippen molar-refractivity contribution in [1.29, 1.82) is 0 Å². The lowest BCUT2D eigenvalue weighted by molar-refractivity contribution is -0.140. The zero-order valence-corrected chi connectivity index (χ0v) is 8.31. The van der Waals surface area contributed by atoms with Crippen LogP contribution in [-0.4, -0.2) is 28.9 Å². The van der Waals surface area contributed by atoms with E-state index in [-0.39, 0.29) is 5.78 Å². The van der Waals surface area contributed by atoms with Gasteiger partial charge in [0.1, 0.15) is 6.04 Å². The molecule has 0 aliphatic carbocycles. The first-order valence-electron chi connectivity index (χ1n) is 4.32. The summed E-state index contributed by atoms with van der Waals surface area (Å²) < 4.78 is 0. The van der Waals surface area contributed by atoms with Gasteiger partial charge >= 0.3 is 5.97 Å². The molecule has 0 aromatic carbocycles. The monoisotopic (exact) mass is 200 g/mol. The molecule has 0 radical (unpaired) electrons. The summed E-state index contributed by atoms with van der Waals surface area (Å²) >= 11 is 0. The highest BCUT2D eigenvalue weighted by molar-refractivity contribution is 5.94. The molecular formula is C9H16N2O3. The van der Waals surface area contributed by atoms with Crippen LogP contribution in [0.1, 0.15) is 13.8 Å². The summed E-state index contributed by atoms with van der Waals surface area (Å²) in [5.41, 5.74) is 10.9. The summed E-state index contributed by atoms with van der Waals surface area (Å²) in [5.74, 6) is -2.05. The Morgan fingerprint density at radius 2 is 1.79 bits per heavy atom. The van der Waals surface area contributed by atoms with Gasteiger partial charge in [-0.25, -0.2) is 0 Å². The molecule has 0 rings (SSSR count). The van der Waals surface area contributed by atoms with Crippen molar-refractivity contribution in [3.05, 3.63) is 12.2 Å². The van der Waals surface area contributed by atoms with Crippen LogP contribution in [0, 0.1) is 5.92 Å². The SMILES string of the molecule is CC=CC(=O)C(N)C(C)[C@H](N)C(=O)O. The average Bonchev–Trinajstić information content (AvgIpc) is 2.14. The van der Waals surface area contributed by atoms with E-state index in [2.05, 4.69) is 0 Å². The van der Waals surface area contributed by atoms with Crippen LogP contribution in [0.4, 0.5) is 0 Å². The number of carboxylic acid groups (broad SMARTS) is 1. The molecule has 5 N–H and O–H groups in total. The molecule has 2 unspecified atom stereocenters. The van der Waals surface area contributed by atoms with Crippen LogP contribution in [0.25, 0.3) is 0 Å². The van der Waals surface area contributed by atoms with Gasteiger partial charge in [0.25, 0.3) is 0 Å². The molecule has 0 amide bonds. The molecule has 0 aromatic heterocycles. The van der Waals surface area contributed by atoms with Gasteiger partial charge in [0.05, 0.1) is 6.04 Å². The van der Waals surface area contributed by atoms with Crippen LogP contribution < -0.4 is 11.5 Å². The summed E-state index contributed by atoms with van der Waals surface area (Å²) in [5, 5.41) is 8.60. The fourth-order valence-electron chi connectivity index (χ4n) is 0.983. The van der Waals surface area contributed by atoms with Crippen molar-refractivity contribution in [2.75, 3.05) is 0 Å². The maximum absolute atomic E-state index is 11.3. The van der Waals surface area contributed by atoms with Crippen LogP contribution >= 0.6 is 0 Å². The zero-order valence-electron chi connectivity index (χ0n) is 8.31. The van der Waals surface area contributed by atoms with Gasteiger partial charge in [0, 0.05) is 5.92 Å². The van der Waals surface area contributed by atoms with Gasteiger partial charge in [-0.2, -0.15) is 0 Å². The number of ketones is 1. The normalized spacial score (nSPS) is 17.7. The molecule has 0 spiro atoms. The minimum absolute atomic E-state index is 0.309. The van der Waals surface area contributed by atoms with Gasteiger partial charge < -0.3 is 16.6 Å². The molecule has 0 aliphatic rings. The van der Waals surface area contributed by atoms with E-state index < -0.39 is 24.0 Å². The Morgan fingerprint density at radius 3 is 2.14 bits per heavy atom. The Kier molecular flexibility index (Phi) is 5.04. The molecule has 0 bridgehead atoms. The molecular weight excluding hydrogens is 184 g/mol. The van der Waals surface area contributed by atoms with Crippen molar-refractivity contribution < 1.29 is 14.7 Å². The third-order valence-electron chi connectivity index (χ3n) is 2.08.